The van der Waals surface area contributed by atoms with E-state index in [-0.39, 0.29) is 0 Å². The number of pyridine rings is 1. The topological polar surface area (TPSA) is 49.6 Å². The van der Waals surface area contributed by atoms with Gasteiger partial charge < -0.3 is 14.2 Å². The molecule has 7 heteroatoms. The Hall–Kier alpha value is -3.35. The molecule has 3 aromatic heterocycles. The fourth-order valence-electron chi connectivity index (χ4n) is 4.39. The van der Waals surface area contributed by atoms with Crippen LogP contribution >= 0.6 is 0 Å². The highest BCUT2D eigenvalue weighted by Crippen LogP contribution is 2.31. The third-order valence-corrected chi connectivity index (χ3v) is 6.50. The summed E-state index contributed by atoms with van der Waals surface area (Å²) in [6.07, 6.45) is 6.00. The van der Waals surface area contributed by atoms with Gasteiger partial charge in [0.2, 0.25) is 5.95 Å². The van der Waals surface area contributed by atoms with Crippen LogP contribution in [0.5, 0.6) is 0 Å². The van der Waals surface area contributed by atoms with E-state index in [0.29, 0.717) is 6.71 Å². The Morgan fingerprint density at radius 2 is 1.59 bits per heavy atom. The third kappa shape index (κ3) is 3.72. The quantitative estimate of drug-likeness (QED) is 0.468. The Kier molecular flexibility index (Phi) is 5.33. The molecule has 0 atom stereocenters. The van der Waals surface area contributed by atoms with Crippen LogP contribution in [0.4, 0.5) is 11.6 Å². The van der Waals surface area contributed by atoms with Gasteiger partial charge in [-0.1, -0.05) is 25.8 Å². The van der Waals surface area contributed by atoms with Crippen LogP contribution in [0.15, 0.2) is 55.0 Å². The van der Waals surface area contributed by atoms with E-state index in [1.54, 1.807) is 0 Å². The van der Waals surface area contributed by atoms with Crippen molar-refractivity contribution in [3.8, 4) is 11.3 Å². The standard InChI is InChI=1S/C25H29BN6/c1-18-8-9-21(15-22(18)24-19(2)32-10-6-5-7-23(32)29-24)30-11-13-31(14-12-30)25-27-16-20(17-28-25)26(3)4/h5-10,15-17H,11-14H2,1-4H3. The van der Waals surface area contributed by atoms with Crippen molar-refractivity contribution in [3.63, 3.8) is 0 Å². The van der Waals surface area contributed by atoms with Crippen molar-refractivity contribution in [2.45, 2.75) is 27.5 Å². The van der Waals surface area contributed by atoms with Crippen molar-refractivity contribution < 1.29 is 0 Å². The molecule has 1 aromatic carbocycles. The second-order valence-electron chi connectivity index (χ2n) is 8.92. The predicted octanol–water partition coefficient (Wildman–Crippen LogP) is 3.70. The zero-order valence-electron chi connectivity index (χ0n) is 19.3. The molecule has 4 heterocycles. The summed E-state index contributed by atoms with van der Waals surface area (Å²) in [5.41, 5.74) is 8.11. The summed E-state index contributed by atoms with van der Waals surface area (Å²) in [4.78, 5) is 18.9. The Balaban J connectivity index is 1.36. The van der Waals surface area contributed by atoms with Crippen molar-refractivity contribution in [2.75, 3.05) is 36.0 Å². The van der Waals surface area contributed by atoms with Crippen LogP contribution in [0, 0.1) is 13.8 Å². The number of hydrogen-bond donors (Lipinski definition) is 0. The summed E-state index contributed by atoms with van der Waals surface area (Å²) >= 11 is 0. The summed E-state index contributed by atoms with van der Waals surface area (Å²) in [7, 11) is 0. The summed E-state index contributed by atoms with van der Waals surface area (Å²) in [5, 5.41) is 0. The van der Waals surface area contributed by atoms with E-state index < -0.39 is 0 Å². The van der Waals surface area contributed by atoms with E-state index in [2.05, 4.69) is 82.1 Å². The van der Waals surface area contributed by atoms with Crippen molar-refractivity contribution in [3.05, 3.63) is 66.2 Å². The molecular weight excluding hydrogens is 395 g/mol. The number of aromatic nitrogens is 4. The number of imidazole rings is 1. The van der Waals surface area contributed by atoms with Crippen molar-refractivity contribution in [2.24, 2.45) is 0 Å². The lowest BCUT2D eigenvalue weighted by Crippen LogP contribution is -2.47. The lowest BCUT2D eigenvalue weighted by Gasteiger charge is -2.36. The molecule has 1 saturated heterocycles. The fourth-order valence-corrected chi connectivity index (χ4v) is 4.39. The normalized spacial score (nSPS) is 14.2. The van der Waals surface area contributed by atoms with Crippen LogP contribution in [0.1, 0.15) is 11.3 Å². The highest BCUT2D eigenvalue weighted by atomic mass is 15.3. The van der Waals surface area contributed by atoms with Crippen LogP contribution in [-0.4, -0.2) is 52.2 Å². The van der Waals surface area contributed by atoms with Gasteiger partial charge in [0.25, 0.3) is 0 Å². The predicted molar refractivity (Wildman–Crippen MR) is 134 cm³/mol. The number of rotatable bonds is 4. The average molecular weight is 424 g/mol. The molecule has 6 nitrogen and oxygen atoms in total. The Morgan fingerprint density at radius 3 is 2.28 bits per heavy atom. The minimum atomic E-state index is 0.452. The van der Waals surface area contributed by atoms with Gasteiger partial charge in [0.15, 0.2) is 6.71 Å². The first kappa shape index (κ1) is 20.6. The highest BCUT2D eigenvalue weighted by Gasteiger charge is 2.21. The van der Waals surface area contributed by atoms with Crippen molar-refractivity contribution in [1.29, 1.82) is 0 Å². The molecule has 0 spiro atoms. The van der Waals surface area contributed by atoms with Crippen LogP contribution in [0.2, 0.25) is 13.6 Å². The molecule has 1 fully saturated rings. The van der Waals surface area contributed by atoms with Gasteiger partial charge in [0, 0.05) is 61.7 Å². The summed E-state index contributed by atoms with van der Waals surface area (Å²) < 4.78 is 2.16. The maximum Gasteiger partial charge on any atom is 0.225 e. The van der Waals surface area contributed by atoms with Gasteiger partial charge in [-0.05, 0) is 49.1 Å². The molecule has 1 aliphatic heterocycles. The molecule has 0 saturated carbocycles. The SMILES string of the molecule is CB(C)c1cnc(N2CCN(c3ccc(C)c(-c4nc5ccccn5c4C)c3)CC2)nc1. The second-order valence-corrected chi connectivity index (χ2v) is 8.92. The molecule has 5 rings (SSSR count). The number of piperazine rings is 1. The number of benzene rings is 1. The maximum absolute atomic E-state index is 4.92. The second kappa shape index (κ2) is 8.30. The van der Waals surface area contributed by atoms with E-state index in [1.807, 2.05) is 24.5 Å². The van der Waals surface area contributed by atoms with Gasteiger partial charge in [-0.2, -0.15) is 0 Å². The Morgan fingerprint density at radius 1 is 0.875 bits per heavy atom. The molecule has 0 N–H and O–H groups in total. The zero-order valence-corrected chi connectivity index (χ0v) is 19.3. The first-order chi connectivity index (χ1) is 15.5. The average Bonchev–Trinajstić information content (AvgIpc) is 3.16. The number of anilines is 2. The number of hydrogen-bond acceptors (Lipinski definition) is 5. The van der Waals surface area contributed by atoms with Crippen LogP contribution < -0.4 is 15.3 Å². The zero-order chi connectivity index (χ0) is 22.2. The Labute approximate surface area is 190 Å². The minimum Gasteiger partial charge on any atom is -0.368 e. The lowest BCUT2D eigenvalue weighted by atomic mass is 9.50. The van der Waals surface area contributed by atoms with E-state index >= 15 is 0 Å². The van der Waals surface area contributed by atoms with E-state index in [9.17, 15) is 0 Å². The third-order valence-electron chi connectivity index (χ3n) is 6.50. The Bertz CT molecular complexity index is 1240. The number of aryl methyl sites for hydroxylation is 2. The molecule has 0 bridgehead atoms. The minimum absolute atomic E-state index is 0.452. The monoisotopic (exact) mass is 424 g/mol. The van der Waals surface area contributed by atoms with E-state index in [4.69, 9.17) is 4.98 Å². The highest BCUT2D eigenvalue weighted by molar-refractivity contribution is 6.70. The van der Waals surface area contributed by atoms with Gasteiger partial charge in [-0.3, -0.25) is 0 Å². The van der Waals surface area contributed by atoms with Gasteiger partial charge in [-0.25, -0.2) is 15.0 Å². The van der Waals surface area contributed by atoms with Crippen LogP contribution in [0.3, 0.4) is 0 Å². The molecule has 0 aliphatic carbocycles. The van der Waals surface area contributed by atoms with E-state index in [1.165, 1.54) is 28.0 Å². The number of nitrogens with zero attached hydrogens (tertiary/aromatic N) is 6. The molecule has 4 aromatic rings. The largest absolute Gasteiger partial charge is 0.368 e. The van der Waals surface area contributed by atoms with Crippen LogP contribution in [0.25, 0.3) is 16.9 Å². The van der Waals surface area contributed by atoms with Gasteiger partial charge >= 0.3 is 0 Å². The van der Waals surface area contributed by atoms with Crippen molar-refractivity contribution >= 4 is 29.5 Å². The summed E-state index contributed by atoms with van der Waals surface area (Å²) in [5.74, 6) is 0.832. The maximum atomic E-state index is 4.92. The molecule has 162 valence electrons. The summed E-state index contributed by atoms with van der Waals surface area (Å²) in [6, 6.07) is 12.9. The molecule has 1 aliphatic rings. The van der Waals surface area contributed by atoms with Gasteiger partial charge in [0.1, 0.15) is 5.65 Å². The molecule has 0 amide bonds. The van der Waals surface area contributed by atoms with Gasteiger partial charge in [-0.15, -0.1) is 0 Å². The van der Waals surface area contributed by atoms with E-state index in [0.717, 1.165) is 43.5 Å². The lowest BCUT2D eigenvalue weighted by molar-refractivity contribution is 0.640. The van der Waals surface area contributed by atoms with Crippen molar-refractivity contribution in [1.82, 2.24) is 19.4 Å². The molecular formula is C25H29BN6. The molecule has 0 radical (unpaired) electrons. The fraction of sp³-hybridized carbons (Fsp3) is 0.320. The first-order valence-electron chi connectivity index (χ1n) is 11.4. The van der Waals surface area contributed by atoms with Crippen LogP contribution in [-0.2, 0) is 0 Å². The smallest absolute Gasteiger partial charge is 0.225 e. The molecule has 0 unspecified atom stereocenters. The molecule has 32 heavy (non-hydrogen) atoms. The number of fused-ring (bicyclic) bond motifs is 1. The summed E-state index contributed by atoms with van der Waals surface area (Å²) in [6.45, 7) is 12.8. The van der Waals surface area contributed by atoms with Gasteiger partial charge in [0.05, 0.1) is 5.69 Å². The first-order valence-corrected chi connectivity index (χ1v) is 11.4.